The summed E-state index contributed by atoms with van der Waals surface area (Å²) in [5.41, 5.74) is 0. The van der Waals surface area contributed by atoms with Gasteiger partial charge in [-0.3, -0.25) is 8.37 Å². The van der Waals surface area contributed by atoms with Gasteiger partial charge in [-0.1, -0.05) is 0 Å². The highest BCUT2D eigenvalue weighted by Gasteiger charge is 2.25. The second-order valence-corrected chi connectivity index (χ2v) is 7.70. The van der Waals surface area contributed by atoms with Gasteiger partial charge in [0.25, 0.3) is 20.2 Å². The fourth-order valence-electron chi connectivity index (χ4n) is 1.41. The van der Waals surface area contributed by atoms with Crippen LogP contribution in [0.2, 0.25) is 0 Å². The van der Waals surface area contributed by atoms with Gasteiger partial charge in [-0.05, 0) is 26.2 Å². The summed E-state index contributed by atoms with van der Waals surface area (Å²) in [5, 5.41) is -1.10. The standard InChI is InChI=1S/C5H10O.C4H8O6S2/c1-5-3-2-4-6-5;5-11(6)4-12(7,8)10-3-1-2-9-11/h5H,2-4H2,1H3;1-4H2. The molecule has 2 aliphatic heterocycles. The van der Waals surface area contributed by atoms with Crippen LogP contribution < -0.4 is 0 Å². The molecule has 2 heterocycles. The Morgan fingerprint density at radius 3 is 1.78 bits per heavy atom. The van der Waals surface area contributed by atoms with Crippen LogP contribution in [0.1, 0.15) is 26.2 Å². The Balaban J connectivity index is 0.000000225. The molecule has 0 saturated carbocycles. The third-order valence-electron chi connectivity index (χ3n) is 2.26. The number of ether oxygens (including phenoxy) is 1. The molecule has 1 unspecified atom stereocenters. The molecule has 2 aliphatic rings. The first kappa shape index (κ1) is 15.8. The van der Waals surface area contributed by atoms with Gasteiger partial charge < -0.3 is 4.74 Å². The zero-order valence-electron chi connectivity index (χ0n) is 10.2. The molecule has 0 aromatic carbocycles. The number of hydrogen-bond acceptors (Lipinski definition) is 7. The second-order valence-electron chi connectivity index (χ2n) is 4.05. The third kappa shape index (κ3) is 6.64. The molecule has 0 amide bonds. The van der Waals surface area contributed by atoms with Gasteiger partial charge in [0.05, 0.1) is 19.3 Å². The Hall–Kier alpha value is -0.220. The normalized spacial score (nSPS) is 30.6. The van der Waals surface area contributed by atoms with Crippen LogP contribution in [0.25, 0.3) is 0 Å². The molecule has 2 fully saturated rings. The third-order valence-corrected chi connectivity index (χ3v) is 5.62. The molecule has 0 aliphatic carbocycles. The van der Waals surface area contributed by atoms with Gasteiger partial charge in [-0.15, -0.1) is 0 Å². The van der Waals surface area contributed by atoms with E-state index in [2.05, 4.69) is 15.3 Å². The molecule has 0 N–H and O–H groups in total. The number of hydrogen-bond donors (Lipinski definition) is 0. The van der Waals surface area contributed by atoms with Crippen molar-refractivity contribution in [1.29, 1.82) is 0 Å². The maximum absolute atomic E-state index is 10.8. The Morgan fingerprint density at radius 1 is 0.889 bits per heavy atom. The first-order valence-corrected chi connectivity index (χ1v) is 8.82. The molecule has 108 valence electrons. The topological polar surface area (TPSA) is 96.0 Å². The van der Waals surface area contributed by atoms with Crippen LogP contribution in [0.3, 0.4) is 0 Å². The summed E-state index contributed by atoms with van der Waals surface area (Å²) in [5.74, 6) is 0. The van der Waals surface area contributed by atoms with Gasteiger partial charge in [0.1, 0.15) is 0 Å². The molecule has 0 aromatic heterocycles. The smallest absolute Gasteiger partial charge is 0.284 e. The van der Waals surface area contributed by atoms with Crippen LogP contribution in [-0.4, -0.2) is 47.8 Å². The predicted octanol–water partition coefficient (Wildman–Crippen LogP) is 0.226. The summed E-state index contributed by atoms with van der Waals surface area (Å²) >= 11 is 0. The lowest BCUT2D eigenvalue weighted by Crippen LogP contribution is -2.24. The van der Waals surface area contributed by atoms with Crippen LogP contribution in [0.4, 0.5) is 0 Å². The Bertz CT molecular complexity index is 400. The van der Waals surface area contributed by atoms with E-state index in [9.17, 15) is 16.8 Å². The van der Waals surface area contributed by atoms with Crippen molar-refractivity contribution in [3.05, 3.63) is 0 Å². The van der Waals surface area contributed by atoms with Crippen LogP contribution >= 0.6 is 0 Å². The monoisotopic (exact) mass is 302 g/mol. The fourth-order valence-corrected chi connectivity index (χ4v) is 4.12. The van der Waals surface area contributed by atoms with E-state index in [0.29, 0.717) is 6.10 Å². The molecule has 9 heteroatoms. The molecule has 0 spiro atoms. The molecule has 1 atom stereocenters. The molecule has 0 aromatic rings. The summed E-state index contributed by atoms with van der Waals surface area (Å²) in [6.45, 7) is 3.05. The Kier molecular flexibility index (Phi) is 5.99. The van der Waals surface area contributed by atoms with E-state index in [1.165, 1.54) is 12.8 Å². The molecular weight excluding hydrogens is 284 g/mol. The van der Waals surface area contributed by atoms with Crippen molar-refractivity contribution in [2.45, 2.75) is 32.3 Å². The zero-order chi connectivity index (χ0) is 13.6. The molecule has 2 saturated heterocycles. The summed E-state index contributed by atoms with van der Waals surface area (Å²) in [7, 11) is -7.93. The van der Waals surface area contributed by atoms with E-state index in [1.54, 1.807) is 0 Å². The highest BCUT2D eigenvalue weighted by Crippen LogP contribution is 2.09. The Labute approximate surface area is 108 Å². The maximum Gasteiger partial charge on any atom is 0.284 e. The first-order chi connectivity index (χ1) is 8.31. The summed E-state index contributed by atoms with van der Waals surface area (Å²) in [6.07, 6.45) is 3.32. The van der Waals surface area contributed by atoms with Crippen molar-refractivity contribution >= 4 is 20.2 Å². The fraction of sp³-hybridized carbons (Fsp3) is 1.00. The molecular formula is C9H18O7S2. The van der Waals surface area contributed by atoms with Gasteiger partial charge in [-0.25, -0.2) is 0 Å². The molecule has 0 radical (unpaired) electrons. The largest absolute Gasteiger partial charge is 0.379 e. The van der Waals surface area contributed by atoms with E-state index in [0.717, 1.165) is 6.61 Å². The minimum Gasteiger partial charge on any atom is -0.379 e. The van der Waals surface area contributed by atoms with Gasteiger partial charge in [0.2, 0.25) is 5.08 Å². The van der Waals surface area contributed by atoms with Crippen molar-refractivity contribution in [1.82, 2.24) is 0 Å². The van der Waals surface area contributed by atoms with Crippen molar-refractivity contribution in [3.8, 4) is 0 Å². The van der Waals surface area contributed by atoms with Gasteiger partial charge in [0.15, 0.2) is 0 Å². The van der Waals surface area contributed by atoms with Gasteiger partial charge >= 0.3 is 0 Å². The minimum atomic E-state index is -3.96. The minimum absolute atomic E-state index is 0.0299. The maximum atomic E-state index is 10.8. The van der Waals surface area contributed by atoms with E-state index in [1.807, 2.05) is 0 Å². The predicted molar refractivity (Wildman–Crippen MR) is 63.9 cm³/mol. The average Bonchev–Trinajstić information content (AvgIpc) is 2.65. The lowest BCUT2D eigenvalue weighted by atomic mass is 10.3. The summed E-state index contributed by atoms with van der Waals surface area (Å²) in [6, 6.07) is 0. The lowest BCUT2D eigenvalue weighted by Gasteiger charge is -2.10. The molecule has 2 rings (SSSR count). The van der Waals surface area contributed by atoms with Crippen molar-refractivity contribution < 1.29 is 29.9 Å². The van der Waals surface area contributed by atoms with E-state index in [-0.39, 0.29) is 19.6 Å². The van der Waals surface area contributed by atoms with E-state index < -0.39 is 25.3 Å². The highest BCUT2D eigenvalue weighted by molar-refractivity contribution is 8.03. The average molecular weight is 302 g/mol. The van der Waals surface area contributed by atoms with Crippen LogP contribution in [-0.2, 0) is 33.3 Å². The molecule has 18 heavy (non-hydrogen) atoms. The van der Waals surface area contributed by atoms with Crippen molar-refractivity contribution in [2.75, 3.05) is 24.9 Å². The zero-order valence-corrected chi connectivity index (χ0v) is 11.8. The van der Waals surface area contributed by atoms with Crippen LogP contribution in [0.5, 0.6) is 0 Å². The molecule has 0 bridgehead atoms. The van der Waals surface area contributed by atoms with Gasteiger partial charge in [0, 0.05) is 6.61 Å². The van der Waals surface area contributed by atoms with Gasteiger partial charge in [-0.2, -0.15) is 16.8 Å². The summed E-state index contributed by atoms with van der Waals surface area (Å²) in [4.78, 5) is 0. The van der Waals surface area contributed by atoms with Crippen LogP contribution in [0, 0.1) is 0 Å². The molecule has 7 nitrogen and oxygen atoms in total. The van der Waals surface area contributed by atoms with E-state index in [4.69, 9.17) is 4.74 Å². The Morgan fingerprint density at radius 2 is 1.44 bits per heavy atom. The quantitative estimate of drug-likeness (QED) is 0.591. The summed E-state index contributed by atoms with van der Waals surface area (Å²) < 4.78 is 56.8. The van der Waals surface area contributed by atoms with E-state index >= 15 is 0 Å². The lowest BCUT2D eigenvalue weighted by molar-refractivity contribution is 0.125. The van der Waals surface area contributed by atoms with Crippen LogP contribution in [0.15, 0.2) is 0 Å². The second kappa shape index (κ2) is 6.80. The highest BCUT2D eigenvalue weighted by atomic mass is 32.3. The SMILES string of the molecule is CC1CCCO1.O=S1(=O)CS(=O)(=O)OCCCO1. The van der Waals surface area contributed by atoms with Crippen molar-refractivity contribution in [2.24, 2.45) is 0 Å². The number of rotatable bonds is 0. The first-order valence-electron chi connectivity index (χ1n) is 5.66. The van der Waals surface area contributed by atoms with Crippen molar-refractivity contribution in [3.63, 3.8) is 0 Å².